The minimum atomic E-state index is -1.03. The second-order valence-electron chi connectivity index (χ2n) is 5.41. The molecule has 0 aliphatic carbocycles. The second kappa shape index (κ2) is 6.42. The largest absolute Gasteiger partial charge is 0.478 e. The number of nitrogens with zero attached hydrogens (tertiary/aromatic N) is 2. The molecule has 0 amide bonds. The van der Waals surface area contributed by atoms with Crippen molar-refractivity contribution in [1.29, 1.82) is 0 Å². The zero-order valence-electron chi connectivity index (χ0n) is 13.2. The summed E-state index contributed by atoms with van der Waals surface area (Å²) in [7, 11) is 1.75. The van der Waals surface area contributed by atoms with Gasteiger partial charge in [0.15, 0.2) is 0 Å². The van der Waals surface area contributed by atoms with Crippen molar-refractivity contribution < 1.29 is 9.90 Å². The molecule has 0 saturated carbocycles. The number of hydrogen-bond acceptors (Lipinski definition) is 3. The first-order valence-corrected chi connectivity index (χ1v) is 7.44. The average Bonchev–Trinajstić information content (AvgIpc) is 2.90. The monoisotopic (exact) mass is 319 g/mol. The van der Waals surface area contributed by atoms with Crippen molar-refractivity contribution in [3.05, 3.63) is 71.5 Å². The lowest BCUT2D eigenvalue weighted by atomic mass is 10.1. The van der Waals surface area contributed by atoms with Crippen LogP contribution in [0, 0.1) is 0 Å². The Bertz CT molecular complexity index is 912. The van der Waals surface area contributed by atoms with Crippen molar-refractivity contribution in [2.24, 2.45) is 7.05 Å². The summed E-state index contributed by atoms with van der Waals surface area (Å²) < 4.78 is 1.67. The Kier molecular flexibility index (Phi) is 4.16. The highest BCUT2D eigenvalue weighted by Crippen LogP contribution is 2.27. The topological polar surface area (TPSA) is 81.1 Å². The van der Waals surface area contributed by atoms with Crippen LogP contribution in [0.1, 0.15) is 21.6 Å². The normalized spacial score (nSPS) is 11.0. The molecular weight excluding hydrogens is 302 g/mol. The van der Waals surface area contributed by atoms with E-state index in [0.717, 1.165) is 22.5 Å². The molecule has 1 aromatic carbocycles. The molecule has 2 aromatic heterocycles. The molecule has 0 unspecified atom stereocenters. The fourth-order valence-electron chi connectivity index (χ4n) is 2.51. The standard InChI is InChI=1S/C19H17N3O2/c1-22-17(12-16(18(22)20)19(23)24)14-9-10-21-15(11-14)8-7-13-5-3-2-4-6-13/h2-12H,20H2,1H3,(H,23,24)/b8-7+. The number of aromatic nitrogens is 2. The van der Waals surface area contributed by atoms with Gasteiger partial charge in [-0.2, -0.15) is 0 Å². The molecular formula is C19H17N3O2. The van der Waals surface area contributed by atoms with Gasteiger partial charge in [0, 0.05) is 18.8 Å². The third-order valence-electron chi connectivity index (χ3n) is 3.83. The van der Waals surface area contributed by atoms with E-state index in [1.165, 1.54) is 0 Å². The minimum absolute atomic E-state index is 0.102. The molecule has 3 N–H and O–H groups in total. The van der Waals surface area contributed by atoms with E-state index < -0.39 is 5.97 Å². The Balaban J connectivity index is 1.95. The van der Waals surface area contributed by atoms with Crippen molar-refractivity contribution >= 4 is 23.9 Å². The van der Waals surface area contributed by atoms with Crippen LogP contribution in [0.25, 0.3) is 23.4 Å². The molecule has 5 heteroatoms. The maximum Gasteiger partial charge on any atom is 0.339 e. The number of carbonyl (C=O) groups is 1. The van der Waals surface area contributed by atoms with Crippen molar-refractivity contribution in [2.45, 2.75) is 0 Å². The average molecular weight is 319 g/mol. The highest BCUT2D eigenvalue weighted by Gasteiger charge is 2.16. The maximum absolute atomic E-state index is 11.2. The number of pyridine rings is 1. The molecule has 0 atom stereocenters. The predicted octanol–water partition coefficient (Wildman–Crippen LogP) is 3.54. The Labute approximate surface area is 139 Å². The lowest BCUT2D eigenvalue weighted by Gasteiger charge is -2.05. The van der Waals surface area contributed by atoms with Crippen LogP contribution in [0.3, 0.4) is 0 Å². The molecule has 0 spiro atoms. The molecule has 0 aliphatic rings. The molecule has 3 rings (SSSR count). The first kappa shape index (κ1) is 15.6. The second-order valence-corrected chi connectivity index (χ2v) is 5.41. The van der Waals surface area contributed by atoms with Crippen LogP contribution in [0.5, 0.6) is 0 Å². The van der Waals surface area contributed by atoms with Gasteiger partial charge in [0.2, 0.25) is 0 Å². The van der Waals surface area contributed by atoms with Gasteiger partial charge in [-0.15, -0.1) is 0 Å². The third kappa shape index (κ3) is 3.05. The molecule has 3 aromatic rings. The van der Waals surface area contributed by atoms with Gasteiger partial charge in [-0.3, -0.25) is 4.98 Å². The Morgan fingerprint density at radius 3 is 2.58 bits per heavy atom. The first-order chi connectivity index (χ1) is 11.6. The van der Waals surface area contributed by atoms with Gasteiger partial charge < -0.3 is 15.4 Å². The van der Waals surface area contributed by atoms with E-state index in [9.17, 15) is 9.90 Å². The van der Waals surface area contributed by atoms with Gasteiger partial charge in [-0.1, -0.05) is 36.4 Å². The summed E-state index contributed by atoms with van der Waals surface area (Å²) in [5, 5.41) is 9.20. The molecule has 24 heavy (non-hydrogen) atoms. The minimum Gasteiger partial charge on any atom is -0.478 e. The van der Waals surface area contributed by atoms with Gasteiger partial charge >= 0.3 is 5.97 Å². The molecule has 5 nitrogen and oxygen atoms in total. The fraction of sp³-hybridized carbons (Fsp3) is 0.0526. The Hall–Kier alpha value is -3.34. The number of hydrogen-bond donors (Lipinski definition) is 2. The summed E-state index contributed by atoms with van der Waals surface area (Å²) in [6, 6.07) is 15.3. The smallest absolute Gasteiger partial charge is 0.339 e. The van der Waals surface area contributed by atoms with Crippen LogP contribution in [-0.4, -0.2) is 20.6 Å². The molecule has 0 radical (unpaired) electrons. The fourth-order valence-corrected chi connectivity index (χ4v) is 2.51. The Morgan fingerprint density at radius 1 is 1.17 bits per heavy atom. The van der Waals surface area contributed by atoms with Crippen molar-refractivity contribution in [3.8, 4) is 11.3 Å². The van der Waals surface area contributed by atoms with E-state index in [0.29, 0.717) is 0 Å². The van der Waals surface area contributed by atoms with E-state index in [-0.39, 0.29) is 11.4 Å². The van der Waals surface area contributed by atoms with Gasteiger partial charge in [-0.25, -0.2) is 4.79 Å². The lowest BCUT2D eigenvalue weighted by molar-refractivity contribution is 0.0698. The SMILES string of the molecule is Cn1c(-c2ccnc(/C=C/c3ccccc3)c2)cc(C(=O)O)c1N. The summed E-state index contributed by atoms with van der Waals surface area (Å²) in [5.41, 5.74) is 9.44. The van der Waals surface area contributed by atoms with Gasteiger partial charge in [0.05, 0.1) is 11.4 Å². The number of carboxylic acids is 1. The number of rotatable bonds is 4. The predicted molar refractivity (Wildman–Crippen MR) is 95.4 cm³/mol. The zero-order chi connectivity index (χ0) is 17.1. The number of benzene rings is 1. The third-order valence-corrected chi connectivity index (χ3v) is 3.83. The highest BCUT2D eigenvalue weighted by atomic mass is 16.4. The van der Waals surface area contributed by atoms with E-state index in [1.807, 2.05) is 54.6 Å². The van der Waals surface area contributed by atoms with Gasteiger partial charge in [0.25, 0.3) is 0 Å². The number of carboxylic acid groups (broad SMARTS) is 1. The van der Waals surface area contributed by atoms with E-state index in [4.69, 9.17) is 5.73 Å². The molecule has 0 aliphatic heterocycles. The van der Waals surface area contributed by atoms with E-state index in [1.54, 1.807) is 23.9 Å². The van der Waals surface area contributed by atoms with Crippen LogP contribution in [0.15, 0.2) is 54.7 Å². The summed E-state index contributed by atoms with van der Waals surface area (Å²) in [4.78, 5) is 15.6. The number of aromatic carboxylic acids is 1. The molecule has 120 valence electrons. The summed E-state index contributed by atoms with van der Waals surface area (Å²) in [5.74, 6) is -0.803. The van der Waals surface area contributed by atoms with Crippen molar-refractivity contribution in [1.82, 2.24) is 9.55 Å². The van der Waals surface area contributed by atoms with Crippen molar-refractivity contribution in [2.75, 3.05) is 5.73 Å². The summed E-state index contributed by atoms with van der Waals surface area (Å²) in [6.45, 7) is 0. The number of anilines is 1. The first-order valence-electron chi connectivity index (χ1n) is 7.44. The summed E-state index contributed by atoms with van der Waals surface area (Å²) in [6.07, 6.45) is 5.60. The Morgan fingerprint density at radius 2 is 1.92 bits per heavy atom. The van der Waals surface area contributed by atoms with Crippen LogP contribution in [0.2, 0.25) is 0 Å². The molecule has 0 bridgehead atoms. The maximum atomic E-state index is 11.2. The van der Waals surface area contributed by atoms with Crippen LogP contribution in [0.4, 0.5) is 5.82 Å². The number of nitrogens with two attached hydrogens (primary N) is 1. The van der Waals surface area contributed by atoms with Gasteiger partial charge in [0.1, 0.15) is 11.4 Å². The molecule has 2 heterocycles. The van der Waals surface area contributed by atoms with Crippen LogP contribution < -0.4 is 5.73 Å². The highest BCUT2D eigenvalue weighted by molar-refractivity contribution is 5.95. The van der Waals surface area contributed by atoms with E-state index >= 15 is 0 Å². The lowest BCUT2D eigenvalue weighted by Crippen LogP contribution is -2.03. The van der Waals surface area contributed by atoms with E-state index in [2.05, 4.69) is 4.98 Å². The number of nitrogen functional groups attached to an aromatic ring is 1. The van der Waals surface area contributed by atoms with Crippen LogP contribution >= 0.6 is 0 Å². The van der Waals surface area contributed by atoms with Crippen molar-refractivity contribution in [3.63, 3.8) is 0 Å². The summed E-state index contributed by atoms with van der Waals surface area (Å²) >= 11 is 0. The van der Waals surface area contributed by atoms with Crippen LogP contribution in [-0.2, 0) is 7.05 Å². The molecule has 0 saturated heterocycles. The quantitative estimate of drug-likeness (QED) is 0.770. The zero-order valence-corrected chi connectivity index (χ0v) is 13.2. The molecule has 0 fully saturated rings. The van der Waals surface area contributed by atoms with Gasteiger partial charge in [-0.05, 0) is 29.8 Å².